The Labute approximate surface area is 185 Å². The minimum atomic E-state index is -0.387. The molecule has 0 aliphatic heterocycles. The number of nitrogen functional groups attached to an aromatic ring is 1. The molecule has 10 nitrogen and oxygen atoms in total. The van der Waals surface area contributed by atoms with E-state index >= 15 is 0 Å². The quantitative estimate of drug-likeness (QED) is 0.551. The molecule has 1 aliphatic rings. The topological polar surface area (TPSA) is 126 Å². The zero-order chi connectivity index (χ0) is 22.7. The van der Waals surface area contributed by atoms with Gasteiger partial charge in [-0.05, 0) is 37.5 Å². The number of nitrogens with two attached hydrogens (primary N) is 1. The summed E-state index contributed by atoms with van der Waals surface area (Å²) in [6, 6.07) is 7.57. The van der Waals surface area contributed by atoms with E-state index in [4.69, 9.17) is 15.2 Å². The molecule has 0 radical (unpaired) electrons. The van der Waals surface area contributed by atoms with Crippen LogP contribution in [-0.4, -0.2) is 32.2 Å². The summed E-state index contributed by atoms with van der Waals surface area (Å²) in [7, 11) is 1.62. The van der Waals surface area contributed by atoms with Crippen molar-refractivity contribution in [2.24, 2.45) is 5.92 Å². The van der Waals surface area contributed by atoms with Gasteiger partial charge in [-0.3, -0.25) is 14.2 Å². The summed E-state index contributed by atoms with van der Waals surface area (Å²) in [5.41, 5.74) is 6.87. The SMILES string of the molecule is CCn1c(=O)c(NC(=O)C2CCCC2)c(N)n2nc(COCc3ccc(OC)cc3)nc12. The Balaban J connectivity index is 1.54. The van der Waals surface area contributed by atoms with E-state index in [1.807, 2.05) is 31.2 Å². The summed E-state index contributed by atoms with van der Waals surface area (Å²) in [6.45, 7) is 2.71. The summed E-state index contributed by atoms with van der Waals surface area (Å²) in [5, 5.41) is 7.15. The van der Waals surface area contributed by atoms with Crippen LogP contribution in [0.2, 0.25) is 0 Å². The zero-order valence-corrected chi connectivity index (χ0v) is 18.3. The van der Waals surface area contributed by atoms with Crippen molar-refractivity contribution in [3.05, 3.63) is 46.0 Å². The maximum Gasteiger partial charge on any atom is 0.280 e. The van der Waals surface area contributed by atoms with Crippen LogP contribution in [0, 0.1) is 5.92 Å². The highest BCUT2D eigenvalue weighted by atomic mass is 16.5. The third kappa shape index (κ3) is 4.31. The number of carbonyl (C=O) groups is 1. The Kier molecular flexibility index (Phi) is 6.40. The Morgan fingerprint density at radius 1 is 1.22 bits per heavy atom. The van der Waals surface area contributed by atoms with Gasteiger partial charge in [0.25, 0.3) is 5.56 Å². The van der Waals surface area contributed by atoms with E-state index in [9.17, 15) is 9.59 Å². The van der Waals surface area contributed by atoms with Crippen molar-refractivity contribution in [1.82, 2.24) is 19.2 Å². The predicted octanol–water partition coefficient (Wildman–Crippen LogP) is 2.35. The number of fused-ring (bicyclic) bond motifs is 1. The van der Waals surface area contributed by atoms with Crippen molar-refractivity contribution in [3.63, 3.8) is 0 Å². The number of nitrogens with zero attached hydrogens (tertiary/aromatic N) is 4. The van der Waals surface area contributed by atoms with Crippen molar-refractivity contribution in [2.45, 2.75) is 52.4 Å². The number of aromatic nitrogens is 4. The molecule has 1 fully saturated rings. The molecule has 2 heterocycles. The van der Waals surface area contributed by atoms with E-state index in [0.29, 0.717) is 24.8 Å². The largest absolute Gasteiger partial charge is 0.497 e. The summed E-state index contributed by atoms with van der Waals surface area (Å²) in [5.74, 6) is 1.30. The Bertz CT molecular complexity index is 1160. The predicted molar refractivity (Wildman–Crippen MR) is 119 cm³/mol. The van der Waals surface area contributed by atoms with Crippen LogP contribution in [0.4, 0.5) is 11.5 Å². The number of methoxy groups -OCH3 is 1. The van der Waals surface area contributed by atoms with Crippen LogP contribution in [0.3, 0.4) is 0 Å². The Hall–Kier alpha value is -3.40. The molecule has 1 aliphatic carbocycles. The average molecular weight is 441 g/mol. The van der Waals surface area contributed by atoms with Crippen molar-refractivity contribution in [3.8, 4) is 5.75 Å². The number of nitrogens with one attached hydrogen (secondary N) is 1. The molecule has 32 heavy (non-hydrogen) atoms. The molecule has 0 bridgehead atoms. The lowest BCUT2D eigenvalue weighted by atomic mass is 10.1. The molecule has 1 saturated carbocycles. The molecule has 10 heteroatoms. The second-order valence-corrected chi connectivity index (χ2v) is 7.86. The summed E-state index contributed by atoms with van der Waals surface area (Å²) >= 11 is 0. The van der Waals surface area contributed by atoms with Crippen molar-refractivity contribution in [1.29, 1.82) is 0 Å². The molecule has 4 rings (SSSR count). The van der Waals surface area contributed by atoms with E-state index in [0.717, 1.165) is 37.0 Å². The van der Waals surface area contributed by atoms with Crippen LogP contribution in [0.15, 0.2) is 29.1 Å². The number of rotatable bonds is 8. The second kappa shape index (κ2) is 9.39. The van der Waals surface area contributed by atoms with Crippen molar-refractivity contribution >= 4 is 23.2 Å². The molecule has 3 aromatic rings. The molecule has 2 aromatic heterocycles. The van der Waals surface area contributed by atoms with E-state index in [-0.39, 0.29) is 35.5 Å². The normalized spacial score (nSPS) is 14.2. The van der Waals surface area contributed by atoms with E-state index in [1.54, 1.807) is 7.11 Å². The van der Waals surface area contributed by atoms with Crippen LogP contribution >= 0.6 is 0 Å². The first-order valence-corrected chi connectivity index (χ1v) is 10.8. The first-order chi connectivity index (χ1) is 15.5. The van der Waals surface area contributed by atoms with Crippen LogP contribution < -0.4 is 21.3 Å². The van der Waals surface area contributed by atoms with Crippen LogP contribution in [0.1, 0.15) is 44.0 Å². The number of aryl methyl sites for hydroxylation is 1. The van der Waals surface area contributed by atoms with E-state index < -0.39 is 0 Å². The van der Waals surface area contributed by atoms with Gasteiger partial charge in [-0.1, -0.05) is 25.0 Å². The molecule has 0 unspecified atom stereocenters. The number of benzene rings is 1. The molecule has 170 valence electrons. The number of anilines is 2. The number of ether oxygens (including phenoxy) is 2. The number of hydrogen-bond acceptors (Lipinski definition) is 7. The third-order valence-electron chi connectivity index (χ3n) is 5.77. The molecule has 0 atom stereocenters. The van der Waals surface area contributed by atoms with Crippen LogP contribution in [0.25, 0.3) is 5.78 Å². The number of hydrogen-bond donors (Lipinski definition) is 2. The number of amides is 1. The first-order valence-electron chi connectivity index (χ1n) is 10.8. The zero-order valence-electron chi connectivity index (χ0n) is 18.3. The molecular formula is C22H28N6O4. The summed E-state index contributed by atoms with van der Waals surface area (Å²) < 4.78 is 13.7. The van der Waals surface area contributed by atoms with Gasteiger partial charge in [0.1, 0.15) is 12.4 Å². The molecule has 0 saturated heterocycles. The maximum atomic E-state index is 13.0. The minimum Gasteiger partial charge on any atom is -0.497 e. The van der Waals surface area contributed by atoms with Gasteiger partial charge in [0.15, 0.2) is 17.3 Å². The molecule has 3 N–H and O–H groups in total. The second-order valence-electron chi connectivity index (χ2n) is 7.86. The molecule has 1 amide bonds. The molecular weight excluding hydrogens is 412 g/mol. The van der Waals surface area contributed by atoms with Crippen LogP contribution in [0.5, 0.6) is 5.75 Å². The summed E-state index contributed by atoms with van der Waals surface area (Å²) in [6.07, 6.45) is 3.70. The van der Waals surface area contributed by atoms with Gasteiger partial charge < -0.3 is 20.5 Å². The fourth-order valence-corrected chi connectivity index (χ4v) is 3.98. The van der Waals surface area contributed by atoms with Gasteiger partial charge in [-0.2, -0.15) is 9.50 Å². The van der Waals surface area contributed by atoms with Gasteiger partial charge >= 0.3 is 0 Å². The highest BCUT2D eigenvalue weighted by molar-refractivity contribution is 5.94. The third-order valence-corrected chi connectivity index (χ3v) is 5.77. The lowest BCUT2D eigenvalue weighted by Gasteiger charge is -2.14. The van der Waals surface area contributed by atoms with E-state index in [2.05, 4.69) is 15.4 Å². The fourth-order valence-electron chi connectivity index (χ4n) is 3.98. The Morgan fingerprint density at radius 3 is 2.59 bits per heavy atom. The highest BCUT2D eigenvalue weighted by Crippen LogP contribution is 2.26. The smallest absolute Gasteiger partial charge is 0.280 e. The summed E-state index contributed by atoms with van der Waals surface area (Å²) in [4.78, 5) is 30.0. The monoisotopic (exact) mass is 440 g/mol. The van der Waals surface area contributed by atoms with Crippen molar-refractivity contribution < 1.29 is 14.3 Å². The number of carbonyl (C=O) groups excluding carboxylic acids is 1. The lowest BCUT2D eigenvalue weighted by molar-refractivity contribution is -0.119. The average Bonchev–Trinajstić information content (AvgIpc) is 3.48. The fraction of sp³-hybridized carbons (Fsp3) is 0.455. The van der Waals surface area contributed by atoms with E-state index in [1.165, 1.54) is 9.08 Å². The molecule has 1 aromatic carbocycles. The Morgan fingerprint density at radius 2 is 1.94 bits per heavy atom. The maximum absolute atomic E-state index is 13.0. The lowest BCUT2D eigenvalue weighted by Crippen LogP contribution is -2.31. The van der Waals surface area contributed by atoms with Gasteiger partial charge in [0.2, 0.25) is 11.7 Å². The van der Waals surface area contributed by atoms with Crippen molar-refractivity contribution in [2.75, 3.05) is 18.2 Å². The standard InChI is InChI=1S/C22H28N6O4/c1-3-27-21(30)18(25-20(29)15-6-4-5-7-15)19(23)28-22(27)24-17(26-28)13-32-12-14-8-10-16(31-2)11-9-14/h8-11,15H,3-7,12-13,23H2,1-2H3,(H,25,29). The first kappa shape index (κ1) is 21.8. The highest BCUT2D eigenvalue weighted by Gasteiger charge is 2.26. The molecule has 0 spiro atoms. The van der Waals surface area contributed by atoms with Crippen LogP contribution in [-0.2, 0) is 29.3 Å². The van der Waals surface area contributed by atoms with Gasteiger partial charge in [0, 0.05) is 12.5 Å². The van der Waals surface area contributed by atoms with Gasteiger partial charge in [-0.15, -0.1) is 5.10 Å². The van der Waals surface area contributed by atoms with Gasteiger partial charge in [-0.25, -0.2) is 0 Å². The van der Waals surface area contributed by atoms with Gasteiger partial charge in [0.05, 0.1) is 13.7 Å². The minimum absolute atomic E-state index is 0.0480.